The summed E-state index contributed by atoms with van der Waals surface area (Å²) >= 11 is 5.98. The van der Waals surface area contributed by atoms with Crippen LogP contribution >= 0.6 is 24.0 Å². The van der Waals surface area contributed by atoms with E-state index in [1.807, 2.05) is 6.92 Å². The summed E-state index contributed by atoms with van der Waals surface area (Å²) in [7, 11) is -2.00. The van der Waals surface area contributed by atoms with Gasteiger partial charge in [0.1, 0.15) is 5.75 Å². The van der Waals surface area contributed by atoms with Crippen molar-refractivity contribution in [3.05, 3.63) is 23.2 Å². The van der Waals surface area contributed by atoms with Gasteiger partial charge < -0.3 is 10.1 Å². The second-order valence-electron chi connectivity index (χ2n) is 4.51. The zero-order valence-corrected chi connectivity index (χ0v) is 13.7. The minimum Gasteiger partial charge on any atom is -0.495 e. The molecule has 1 heterocycles. The molecule has 0 aliphatic carbocycles. The average molecular weight is 341 g/mol. The van der Waals surface area contributed by atoms with Crippen molar-refractivity contribution < 1.29 is 13.2 Å². The molecule has 1 atom stereocenters. The van der Waals surface area contributed by atoms with Gasteiger partial charge >= 0.3 is 0 Å². The molecular weight excluding hydrogens is 323 g/mol. The molecule has 1 aliphatic rings. The molecule has 20 heavy (non-hydrogen) atoms. The van der Waals surface area contributed by atoms with E-state index in [2.05, 4.69) is 5.32 Å². The highest BCUT2D eigenvalue weighted by Gasteiger charge is 2.28. The number of hydrogen-bond acceptors (Lipinski definition) is 4. The van der Waals surface area contributed by atoms with Crippen molar-refractivity contribution in [2.75, 3.05) is 26.7 Å². The Hall–Kier alpha value is -0.530. The first-order valence-electron chi connectivity index (χ1n) is 6.02. The predicted octanol–water partition coefficient (Wildman–Crippen LogP) is 1.75. The summed E-state index contributed by atoms with van der Waals surface area (Å²) in [6, 6.07) is 4.67. The third kappa shape index (κ3) is 3.56. The van der Waals surface area contributed by atoms with Crippen LogP contribution in [0.4, 0.5) is 0 Å². The van der Waals surface area contributed by atoms with Gasteiger partial charge in [-0.1, -0.05) is 11.6 Å². The third-order valence-electron chi connectivity index (χ3n) is 3.09. The Balaban J connectivity index is 0.00000200. The molecule has 1 aromatic carbocycles. The Morgan fingerprint density at radius 1 is 1.45 bits per heavy atom. The highest BCUT2D eigenvalue weighted by Crippen LogP contribution is 2.28. The van der Waals surface area contributed by atoms with Crippen molar-refractivity contribution in [2.45, 2.75) is 17.9 Å². The minimum absolute atomic E-state index is 0. The number of nitrogens with zero attached hydrogens (tertiary/aromatic N) is 1. The van der Waals surface area contributed by atoms with Crippen LogP contribution in [0.1, 0.15) is 6.92 Å². The molecule has 1 aliphatic heterocycles. The molecule has 1 aromatic rings. The van der Waals surface area contributed by atoms with Crippen LogP contribution in [-0.4, -0.2) is 45.5 Å². The Labute approximate surface area is 130 Å². The standard InChI is InChI=1S/C12H17ClN2O3S.ClH/c1-9-8-15(6-5-14-9)19(16,17)10-3-4-12(18-2)11(13)7-10;/h3-4,7,9,14H,5-6,8H2,1-2H3;1H/t9-;/m0./s1. The number of piperazine rings is 1. The van der Waals surface area contributed by atoms with E-state index < -0.39 is 10.0 Å². The summed E-state index contributed by atoms with van der Waals surface area (Å²) in [5, 5.41) is 3.51. The zero-order chi connectivity index (χ0) is 14.0. The first-order valence-corrected chi connectivity index (χ1v) is 7.84. The Kier molecular flexibility index (Phi) is 6.09. The number of methoxy groups -OCH3 is 1. The summed E-state index contributed by atoms with van der Waals surface area (Å²) in [5.74, 6) is 0.467. The molecule has 0 spiro atoms. The van der Waals surface area contributed by atoms with Crippen LogP contribution in [-0.2, 0) is 10.0 Å². The third-order valence-corrected chi connectivity index (χ3v) is 5.25. The molecule has 1 fully saturated rings. The van der Waals surface area contributed by atoms with E-state index in [0.717, 1.165) is 0 Å². The lowest BCUT2D eigenvalue weighted by atomic mass is 10.3. The average Bonchev–Trinajstić information content (AvgIpc) is 2.38. The zero-order valence-electron chi connectivity index (χ0n) is 11.3. The van der Waals surface area contributed by atoms with Gasteiger partial charge in [-0.3, -0.25) is 0 Å². The molecule has 5 nitrogen and oxygen atoms in total. The lowest BCUT2D eigenvalue weighted by Crippen LogP contribution is -2.51. The summed E-state index contributed by atoms with van der Waals surface area (Å²) in [6.07, 6.45) is 0. The van der Waals surface area contributed by atoms with E-state index in [9.17, 15) is 8.42 Å². The van der Waals surface area contributed by atoms with Gasteiger partial charge in [0.25, 0.3) is 0 Å². The Morgan fingerprint density at radius 2 is 2.15 bits per heavy atom. The maximum Gasteiger partial charge on any atom is 0.243 e. The van der Waals surface area contributed by atoms with Gasteiger partial charge in [-0.05, 0) is 25.1 Å². The lowest BCUT2D eigenvalue weighted by Gasteiger charge is -2.31. The SMILES string of the molecule is COc1ccc(S(=O)(=O)N2CCN[C@@H](C)C2)cc1Cl.Cl. The number of nitrogens with one attached hydrogen (secondary N) is 1. The van der Waals surface area contributed by atoms with Crippen molar-refractivity contribution >= 4 is 34.0 Å². The number of sulfonamides is 1. The van der Waals surface area contributed by atoms with Gasteiger partial charge in [-0.25, -0.2) is 8.42 Å². The molecule has 0 saturated carbocycles. The highest BCUT2D eigenvalue weighted by atomic mass is 35.5. The second-order valence-corrected chi connectivity index (χ2v) is 6.86. The van der Waals surface area contributed by atoms with Crippen LogP contribution < -0.4 is 10.1 Å². The van der Waals surface area contributed by atoms with Crippen LogP contribution in [0.5, 0.6) is 5.75 Å². The van der Waals surface area contributed by atoms with Crippen LogP contribution in [0.3, 0.4) is 0 Å². The molecular formula is C12H18Cl2N2O3S. The lowest BCUT2D eigenvalue weighted by molar-refractivity contribution is 0.310. The summed E-state index contributed by atoms with van der Waals surface area (Å²) < 4.78 is 31.5. The van der Waals surface area contributed by atoms with Gasteiger partial charge in [0.2, 0.25) is 10.0 Å². The van der Waals surface area contributed by atoms with Gasteiger partial charge in [-0.15, -0.1) is 12.4 Å². The molecule has 1 saturated heterocycles. The van der Waals surface area contributed by atoms with Gasteiger partial charge in [-0.2, -0.15) is 4.31 Å². The van der Waals surface area contributed by atoms with Crippen LogP contribution in [0.25, 0.3) is 0 Å². The normalized spacial score (nSPS) is 20.2. The fraction of sp³-hybridized carbons (Fsp3) is 0.500. The first kappa shape index (κ1) is 17.5. The summed E-state index contributed by atoms with van der Waals surface area (Å²) in [4.78, 5) is 0.201. The quantitative estimate of drug-likeness (QED) is 0.910. The molecule has 114 valence electrons. The van der Waals surface area contributed by atoms with Gasteiger partial charge in [0.05, 0.1) is 17.0 Å². The maximum absolute atomic E-state index is 12.5. The molecule has 0 bridgehead atoms. The van der Waals surface area contributed by atoms with E-state index in [1.165, 1.54) is 23.5 Å². The molecule has 8 heteroatoms. The van der Waals surface area contributed by atoms with Crippen LogP contribution in [0, 0.1) is 0 Å². The van der Waals surface area contributed by atoms with Gasteiger partial charge in [0, 0.05) is 25.7 Å². The Bertz CT molecular complexity index is 566. The number of ether oxygens (including phenoxy) is 1. The minimum atomic E-state index is -3.49. The van der Waals surface area contributed by atoms with Crippen molar-refractivity contribution in [1.82, 2.24) is 9.62 Å². The maximum atomic E-state index is 12.5. The smallest absolute Gasteiger partial charge is 0.243 e. The molecule has 0 aromatic heterocycles. The van der Waals surface area contributed by atoms with Crippen molar-refractivity contribution in [2.24, 2.45) is 0 Å². The van der Waals surface area contributed by atoms with Crippen molar-refractivity contribution in [1.29, 1.82) is 0 Å². The second kappa shape index (κ2) is 6.95. The molecule has 0 radical (unpaired) electrons. The monoisotopic (exact) mass is 340 g/mol. The number of benzene rings is 1. The van der Waals surface area contributed by atoms with Crippen molar-refractivity contribution in [3.8, 4) is 5.75 Å². The largest absolute Gasteiger partial charge is 0.495 e. The fourth-order valence-electron chi connectivity index (χ4n) is 2.07. The Morgan fingerprint density at radius 3 is 2.70 bits per heavy atom. The van der Waals surface area contributed by atoms with E-state index in [1.54, 1.807) is 6.07 Å². The number of halogens is 2. The first-order chi connectivity index (χ1) is 8.95. The van der Waals surface area contributed by atoms with Crippen LogP contribution in [0.2, 0.25) is 5.02 Å². The fourth-order valence-corrected chi connectivity index (χ4v) is 3.95. The van der Waals surface area contributed by atoms with E-state index >= 15 is 0 Å². The van der Waals surface area contributed by atoms with Gasteiger partial charge in [0.15, 0.2) is 0 Å². The van der Waals surface area contributed by atoms with E-state index in [0.29, 0.717) is 30.4 Å². The van der Waals surface area contributed by atoms with E-state index in [4.69, 9.17) is 16.3 Å². The number of rotatable bonds is 3. The topological polar surface area (TPSA) is 58.6 Å². The molecule has 0 unspecified atom stereocenters. The summed E-state index contributed by atoms with van der Waals surface area (Å²) in [6.45, 7) is 3.55. The van der Waals surface area contributed by atoms with Crippen molar-refractivity contribution in [3.63, 3.8) is 0 Å². The molecule has 2 rings (SSSR count). The molecule has 1 N–H and O–H groups in total. The molecule has 0 amide bonds. The highest BCUT2D eigenvalue weighted by molar-refractivity contribution is 7.89. The summed E-state index contributed by atoms with van der Waals surface area (Å²) in [5.41, 5.74) is 0. The number of hydrogen-bond donors (Lipinski definition) is 1. The van der Waals surface area contributed by atoms with E-state index in [-0.39, 0.29) is 23.3 Å². The van der Waals surface area contributed by atoms with Crippen LogP contribution in [0.15, 0.2) is 23.1 Å². The predicted molar refractivity (Wildman–Crippen MR) is 81.5 cm³/mol.